The van der Waals surface area contributed by atoms with Crippen LogP contribution in [0.4, 0.5) is 0 Å². The van der Waals surface area contributed by atoms with Gasteiger partial charge in [0.2, 0.25) is 0 Å². The Kier molecular flexibility index (Phi) is 6.29. The third-order valence-electron chi connectivity index (χ3n) is 10.3. The number of aromatic nitrogens is 4. The average Bonchev–Trinajstić information content (AvgIpc) is 3.86. The van der Waals surface area contributed by atoms with E-state index in [9.17, 15) is 0 Å². The summed E-state index contributed by atoms with van der Waals surface area (Å²) in [6, 6.07) is 52.9. The molecule has 11 aromatic rings. The molecule has 0 saturated heterocycles. The second kappa shape index (κ2) is 13.0. The minimum Gasteiger partial charge on any atom is -0.455 e. The van der Waals surface area contributed by atoms with Crippen molar-refractivity contribution in [2.75, 3.05) is 0 Å². The molecule has 0 saturated carbocycles. The quantitative estimate of drug-likeness (QED) is 0.172. The molecule has 0 bridgehead atoms. The Hall–Kier alpha value is -7.63. The molecule has 56 heavy (non-hydrogen) atoms. The summed E-state index contributed by atoms with van der Waals surface area (Å²) < 4.78 is 50.7. The summed E-state index contributed by atoms with van der Waals surface area (Å²) in [5.41, 5.74) is 9.57. The van der Waals surface area contributed by atoms with Gasteiger partial charge in [0.25, 0.3) is 0 Å². The van der Waals surface area contributed by atoms with Crippen molar-refractivity contribution < 1.29 is 11.3 Å². The zero-order valence-electron chi connectivity index (χ0n) is 34.8. The van der Waals surface area contributed by atoms with Gasteiger partial charge in [-0.1, -0.05) is 139 Å². The molecule has 3 heterocycles. The Balaban J connectivity index is 1.04. The predicted molar refractivity (Wildman–Crippen MR) is 229 cm³/mol. The van der Waals surface area contributed by atoms with E-state index in [4.69, 9.17) is 26.2 Å². The average molecular weight is 722 g/mol. The van der Waals surface area contributed by atoms with E-state index in [1.807, 2.05) is 60.7 Å². The van der Waals surface area contributed by atoms with Gasteiger partial charge in [-0.15, -0.1) is 0 Å². The molecule has 0 spiro atoms. The van der Waals surface area contributed by atoms with E-state index < -0.39 is 18.1 Å². The van der Waals surface area contributed by atoms with E-state index >= 15 is 0 Å². The largest absolute Gasteiger partial charge is 0.455 e. The van der Waals surface area contributed by atoms with E-state index in [0.29, 0.717) is 39.7 Å². The highest BCUT2D eigenvalue weighted by molar-refractivity contribution is 6.12. The van der Waals surface area contributed by atoms with Gasteiger partial charge < -0.3 is 8.98 Å². The highest BCUT2D eigenvalue weighted by Gasteiger charge is 2.19. The zero-order chi connectivity index (χ0) is 41.4. The molecule has 0 aliphatic heterocycles. The van der Waals surface area contributed by atoms with Gasteiger partial charge in [-0.2, -0.15) is 0 Å². The molecule has 0 atom stereocenters. The Morgan fingerprint density at radius 3 is 1.86 bits per heavy atom. The molecule has 0 aliphatic rings. The van der Waals surface area contributed by atoms with Crippen LogP contribution in [0, 0.1) is 0 Å². The standard InChI is InChI=1S/C51H32N4O/c1-4-14-33(15-5-1)35-18-12-19-38(30-35)50-52-49(34-16-6-2-7-17-34)53-51(54-50)42-24-13-23-41-44-32-37(27-29-47(44)56-48(41)42)36-26-28-46-43(31-36)40-22-10-11-25-45(40)55(46)39-20-8-3-9-21-39/h1-32H/i1D,4D,5D,14D,15D. The van der Waals surface area contributed by atoms with Gasteiger partial charge in [-0.3, -0.25) is 0 Å². The summed E-state index contributed by atoms with van der Waals surface area (Å²) in [5.74, 6) is 1.22. The maximum absolute atomic E-state index is 8.59. The highest BCUT2D eigenvalue weighted by Crippen LogP contribution is 2.40. The molecule has 8 aromatic carbocycles. The fourth-order valence-corrected chi connectivity index (χ4v) is 7.71. The number of rotatable bonds is 6. The van der Waals surface area contributed by atoms with Crippen LogP contribution in [0.1, 0.15) is 6.85 Å². The molecule has 262 valence electrons. The van der Waals surface area contributed by atoms with Crippen LogP contribution in [-0.4, -0.2) is 19.5 Å². The second-order valence-electron chi connectivity index (χ2n) is 13.7. The Morgan fingerprint density at radius 1 is 0.411 bits per heavy atom. The van der Waals surface area contributed by atoms with E-state index in [1.54, 1.807) is 18.2 Å². The topological polar surface area (TPSA) is 56.7 Å². The first kappa shape index (κ1) is 27.0. The second-order valence-corrected chi connectivity index (χ2v) is 13.7. The number of furan rings is 1. The van der Waals surface area contributed by atoms with Crippen molar-refractivity contribution in [2.24, 2.45) is 0 Å². The van der Waals surface area contributed by atoms with Gasteiger partial charge >= 0.3 is 0 Å². The van der Waals surface area contributed by atoms with Crippen molar-refractivity contribution in [3.63, 3.8) is 0 Å². The molecule has 0 aliphatic carbocycles. The Labute approximate surface area is 329 Å². The highest BCUT2D eigenvalue weighted by atomic mass is 16.3. The molecule has 0 N–H and O–H groups in total. The number of para-hydroxylation sites is 3. The third kappa shape index (κ3) is 5.37. The van der Waals surface area contributed by atoms with Gasteiger partial charge in [0.05, 0.1) is 23.5 Å². The molecule has 0 fully saturated rings. The van der Waals surface area contributed by atoms with Gasteiger partial charge in [0.1, 0.15) is 11.2 Å². The van der Waals surface area contributed by atoms with Crippen LogP contribution in [0.15, 0.2) is 198 Å². The monoisotopic (exact) mass is 721 g/mol. The summed E-state index contributed by atoms with van der Waals surface area (Å²) in [6.45, 7) is 0. The Bertz CT molecular complexity index is 3520. The smallest absolute Gasteiger partial charge is 0.167 e. The van der Waals surface area contributed by atoms with Crippen molar-refractivity contribution in [2.45, 2.75) is 0 Å². The minimum atomic E-state index is -0.439. The normalized spacial score (nSPS) is 12.8. The van der Waals surface area contributed by atoms with Crippen LogP contribution in [-0.2, 0) is 0 Å². The van der Waals surface area contributed by atoms with E-state index in [2.05, 4.69) is 89.5 Å². The fourth-order valence-electron chi connectivity index (χ4n) is 7.71. The minimum absolute atomic E-state index is 0.107. The van der Waals surface area contributed by atoms with Crippen LogP contribution in [0.3, 0.4) is 0 Å². The van der Waals surface area contributed by atoms with Crippen LogP contribution < -0.4 is 0 Å². The summed E-state index contributed by atoms with van der Waals surface area (Å²) in [5, 5.41) is 4.25. The Morgan fingerprint density at radius 2 is 1.02 bits per heavy atom. The fraction of sp³-hybridized carbons (Fsp3) is 0. The van der Waals surface area contributed by atoms with E-state index in [0.717, 1.165) is 49.8 Å². The molecule has 0 radical (unpaired) electrons. The first-order chi connectivity index (χ1) is 29.8. The van der Waals surface area contributed by atoms with Crippen molar-refractivity contribution >= 4 is 43.7 Å². The van der Waals surface area contributed by atoms with E-state index in [-0.39, 0.29) is 17.6 Å². The number of hydrogen-bond donors (Lipinski definition) is 0. The molecule has 5 heteroatoms. The molecule has 0 unspecified atom stereocenters. The maximum Gasteiger partial charge on any atom is 0.167 e. The van der Waals surface area contributed by atoms with Crippen LogP contribution in [0.25, 0.3) is 106 Å². The maximum atomic E-state index is 8.59. The van der Waals surface area contributed by atoms with Crippen molar-refractivity contribution in [1.29, 1.82) is 0 Å². The summed E-state index contributed by atoms with van der Waals surface area (Å²) in [4.78, 5) is 14.9. The van der Waals surface area contributed by atoms with Gasteiger partial charge in [0.15, 0.2) is 17.5 Å². The molecular formula is C51H32N4O. The van der Waals surface area contributed by atoms with E-state index in [1.165, 1.54) is 10.8 Å². The summed E-state index contributed by atoms with van der Waals surface area (Å²) in [6.07, 6.45) is 0. The number of nitrogens with zero attached hydrogens (tertiary/aromatic N) is 4. The zero-order valence-corrected chi connectivity index (χ0v) is 29.8. The first-order valence-corrected chi connectivity index (χ1v) is 18.4. The molecule has 5 nitrogen and oxygen atoms in total. The SMILES string of the molecule is [2H]c1c([2H])c([2H])c(-c2cccc(-c3nc(-c4ccccc4)nc(-c4cccc5c4oc4ccc(-c6ccc7c(c6)c6ccccc6n7-c6ccccc6)cc45)n3)c2)c([2H])c1[2H]. The lowest BCUT2D eigenvalue weighted by Crippen LogP contribution is -2.00. The van der Waals surface area contributed by atoms with Crippen molar-refractivity contribution in [3.8, 4) is 62.1 Å². The lowest BCUT2D eigenvalue weighted by atomic mass is 10.00. The van der Waals surface area contributed by atoms with Gasteiger partial charge in [-0.25, -0.2) is 15.0 Å². The summed E-state index contributed by atoms with van der Waals surface area (Å²) in [7, 11) is 0. The molecule has 3 aromatic heterocycles. The summed E-state index contributed by atoms with van der Waals surface area (Å²) >= 11 is 0. The molecular weight excluding hydrogens is 685 g/mol. The third-order valence-corrected chi connectivity index (χ3v) is 10.3. The number of benzene rings is 8. The molecule has 11 rings (SSSR count). The van der Waals surface area contributed by atoms with Gasteiger partial charge in [0, 0.05) is 38.4 Å². The van der Waals surface area contributed by atoms with Crippen LogP contribution in [0.5, 0.6) is 0 Å². The molecule has 0 amide bonds. The van der Waals surface area contributed by atoms with Crippen molar-refractivity contribution in [1.82, 2.24) is 19.5 Å². The number of hydrogen-bond acceptors (Lipinski definition) is 4. The van der Waals surface area contributed by atoms with Crippen LogP contribution in [0.2, 0.25) is 0 Å². The lowest BCUT2D eigenvalue weighted by molar-refractivity contribution is 0.669. The lowest BCUT2D eigenvalue weighted by Gasteiger charge is -2.10. The van der Waals surface area contributed by atoms with Crippen molar-refractivity contribution in [3.05, 3.63) is 194 Å². The predicted octanol–water partition coefficient (Wildman–Crippen LogP) is 13.2. The van der Waals surface area contributed by atoms with Crippen LogP contribution >= 0.6 is 0 Å². The van der Waals surface area contributed by atoms with Gasteiger partial charge in [-0.05, 0) is 76.9 Å². The number of fused-ring (bicyclic) bond motifs is 6. The first-order valence-electron chi connectivity index (χ1n) is 20.9.